The van der Waals surface area contributed by atoms with Crippen LogP contribution in [-0.2, 0) is 10.8 Å². The minimum atomic E-state index is -1.42. The number of hydrogen-bond donors (Lipinski definition) is 0. The summed E-state index contributed by atoms with van der Waals surface area (Å²) in [6.45, 7) is 0. The molecule has 0 aliphatic rings. The van der Waals surface area contributed by atoms with E-state index in [1.54, 1.807) is 61.2 Å². The number of aromatic nitrogens is 4. The molecule has 0 amide bonds. The summed E-state index contributed by atoms with van der Waals surface area (Å²) in [7, 11) is -1.42. The molecular formula is C24H14N4O3S. The first-order valence-corrected chi connectivity index (χ1v) is 10.9. The maximum absolute atomic E-state index is 13.3. The third-order valence-electron chi connectivity index (χ3n) is 4.96. The van der Waals surface area contributed by atoms with Gasteiger partial charge in [0.05, 0.1) is 21.9 Å². The molecule has 0 saturated heterocycles. The van der Waals surface area contributed by atoms with Gasteiger partial charge < -0.3 is 8.83 Å². The summed E-state index contributed by atoms with van der Waals surface area (Å²) in [5, 5.41) is 0. The summed E-state index contributed by atoms with van der Waals surface area (Å²) in [6.07, 6.45) is 6.77. The minimum Gasteiger partial charge on any atom is -0.436 e. The monoisotopic (exact) mass is 438 g/mol. The summed E-state index contributed by atoms with van der Waals surface area (Å²) in [4.78, 5) is 18.5. The van der Waals surface area contributed by atoms with Gasteiger partial charge in [0.1, 0.15) is 11.0 Å². The fourth-order valence-electron chi connectivity index (χ4n) is 3.41. The quantitative estimate of drug-likeness (QED) is 0.370. The van der Waals surface area contributed by atoms with Crippen molar-refractivity contribution in [2.45, 2.75) is 9.79 Å². The molecule has 154 valence electrons. The maximum Gasteiger partial charge on any atom is 0.228 e. The zero-order valence-corrected chi connectivity index (χ0v) is 17.3. The van der Waals surface area contributed by atoms with Crippen LogP contribution >= 0.6 is 0 Å². The molecule has 0 fully saturated rings. The third kappa shape index (κ3) is 3.27. The summed E-state index contributed by atoms with van der Waals surface area (Å²) < 4.78 is 24.9. The standard InChI is InChI=1S/C24H14N4O3S/c29-32(17-5-7-21-19(11-17)27-23(30-21)15-3-1-9-25-13-15)18-6-8-22-20(12-18)28-24(31-22)16-4-2-10-26-14-16/h1-14H. The molecule has 4 aromatic heterocycles. The highest BCUT2D eigenvalue weighted by Crippen LogP contribution is 2.29. The molecule has 0 bridgehead atoms. The topological polar surface area (TPSA) is 94.9 Å². The molecule has 4 heterocycles. The number of fused-ring (bicyclic) bond motifs is 2. The van der Waals surface area contributed by atoms with Crippen molar-refractivity contribution in [3.8, 4) is 22.9 Å². The smallest absolute Gasteiger partial charge is 0.228 e. The van der Waals surface area contributed by atoms with Crippen molar-refractivity contribution in [3.05, 3.63) is 85.5 Å². The number of pyridine rings is 2. The van der Waals surface area contributed by atoms with Crippen molar-refractivity contribution in [2.75, 3.05) is 0 Å². The second-order valence-corrected chi connectivity index (χ2v) is 8.53. The number of hydrogen-bond acceptors (Lipinski definition) is 7. The highest BCUT2D eigenvalue weighted by molar-refractivity contribution is 7.85. The van der Waals surface area contributed by atoms with Crippen LogP contribution in [0.3, 0.4) is 0 Å². The summed E-state index contributed by atoms with van der Waals surface area (Å²) >= 11 is 0. The van der Waals surface area contributed by atoms with E-state index in [1.807, 2.05) is 24.3 Å². The van der Waals surface area contributed by atoms with Gasteiger partial charge in [-0.25, -0.2) is 14.2 Å². The summed E-state index contributed by atoms with van der Waals surface area (Å²) in [6, 6.07) is 18.1. The lowest BCUT2D eigenvalue weighted by Crippen LogP contribution is -1.92. The normalized spacial score (nSPS) is 11.5. The second-order valence-electron chi connectivity index (χ2n) is 7.05. The molecule has 6 rings (SSSR count). The molecule has 7 nitrogen and oxygen atoms in total. The van der Waals surface area contributed by atoms with E-state index >= 15 is 0 Å². The van der Waals surface area contributed by atoms with Crippen molar-refractivity contribution >= 4 is 33.0 Å². The van der Waals surface area contributed by atoms with Crippen LogP contribution < -0.4 is 0 Å². The zero-order valence-electron chi connectivity index (χ0n) is 16.5. The Balaban J connectivity index is 1.35. The van der Waals surface area contributed by atoms with Crippen molar-refractivity contribution in [1.82, 2.24) is 19.9 Å². The lowest BCUT2D eigenvalue weighted by atomic mass is 10.3. The lowest BCUT2D eigenvalue weighted by Gasteiger charge is -2.01. The van der Waals surface area contributed by atoms with Gasteiger partial charge in [-0.1, -0.05) is 0 Å². The first kappa shape index (κ1) is 18.6. The number of oxazole rings is 2. The van der Waals surface area contributed by atoms with Gasteiger partial charge in [-0.2, -0.15) is 0 Å². The van der Waals surface area contributed by atoms with Gasteiger partial charge in [0, 0.05) is 34.6 Å². The molecule has 6 aromatic rings. The van der Waals surface area contributed by atoms with Crippen LogP contribution in [0, 0.1) is 0 Å². The van der Waals surface area contributed by atoms with Crippen LogP contribution in [0.15, 0.2) is 104 Å². The van der Waals surface area contributed by atoms with Gasteiger partial charge in [-0.05, 0) is 60.7 Å². The predicted octanol–water partition coefficient (Wildman–Crippen LogP) is 5.26. The number of benzene rings is 2. The first-order chi connectivity index (χ1) is 15.7. The minimum absolute atomic E-state index is 0.475. The van der Waals surface area contributed by atoms with Crippen LogP contribution in [0.5, 0.6) is 0 Å². The Kier molecular flexibility index (Phi) is 4.36. The van der Waals surface area contributed by atoms with E-state index in [-0.39, 0.29) is 0 Å². The highest BCUT2D eigenvalue weighted by Gasteiger charge is 2.15. The molecule has 0 aliphatic heterocycles. The van der Waals surface area contributed by atoms with Crippen LogP contribution in [0.4, 0.5) is 0 Å². The van der Waals surface area contributed by atoms with Crippen molar-refractivity contribution in [1.29, 1.82) is 0 Å². The van der Waals surface area contributed by atoms with Crippen LogP contribution in [0.1, 0.15) is 0 Å². The fraction of sp³-hybridized carbons (Fsp3) is 0. The molecule has 0 unspecified atom stereocenters. The molecular weight excluding hydrogens is 424 g/mol. The highest BCUT2D eigenvalue weighted by atomic mass is 32.2. The van der Waals surface area contributed by atoms with Gasteiger partial charge in [0.2, 0.25) is 11.8 Å². The van der Waals surface area contributed by atoms with E-state index in [9.17, 15) is 4.21 Å². The number of rotatable bonds is 4. The van der Waals surface area contributed by atoms with Gasteiger partial charge in [0.25, 0.3) is 0 Å². The van der Waals surface area contributed by atoms with E-state index < -0.39 is 10.8 Å². The maximum atomic E-state index is 13.3. The molecule has 0 spiro atoms. The Hall–Kier alpha value is -4.17. The predicted molar refractivity (Wildman–Crippen MR) is 119 cm³/mol. The molecule has 8 heteroatoms. The van der Waals surface area contributed by atoms with Gasteiger partial charge in [-0.3, -0.25) is 9.97 Å². The van der Waals surface area contributed by atoms with Crippen molar-refractivity contribution in [3.63, 3.8) is 0 Å². The van der Waals surface area contributed by atoms with Gasteiger partial charge in [0.15, 0.2) is 11.2 Å². The molecule has 0 saturated carbocycles. The SMILES string of the molecule is O=S(c1ccc2oc(-c3cccnc3)nc2c1)c1ccc2oc(-c3cccnc3)nc2c1. The lowest BCUT2D eigenvalue weighted by molar-refractivity contribution is 0.619. The first-order valence-electron chi connectivity index (χ1n) is 9.78. The van der Waals surface area contributed by atoms with E-state index in [1.165, 1.54) is 0 Å². The summed E-state index contributed by atoms with van der Waals surface area (Å²) in [5.41, 5.74) is 4.09. The van der Waals surface area contributed by atoms with Crippen LogP contribution in [-0.4, -0.2) is 24.1 Å². The van der Waals surface area contributed by atoms with Crippen LogP contribution in [0.25, 0.3) is 45.1 Å². The van der Waals surface area contributed by atoms with Crippen LogP contribution in [0.2, 0.25) is 0 Å². The zero-order chi connectivity index (χ0) is 21.5. The van der Waals surface area contributed by atoms with Crippen molar-refractivity contribution < 1.29 is 13.0 Å². The second kappa shape index (κ2) is 7.51. The third-order valence-corrected chi connectivity index (χ3v) is 6.33. The average molecular weight is 438 g/mol. The van der Waals surface area contributed by atoms with E-state index in [0.29, 0.717) is 43.8 Å². The molecule has 0 N–H and O–H groups in total. The fourth-order valence-corrected chi connectivity index (χ4v) is 4.50. The van der Waals surface area contributed by atoms with E-state index in [2.05, 4.69) is 19.9 Å². The van der Waals surface area contributed by atoms with Gasteiger partial charge in [-0.15, -0.1) is 0 Å². The Morgan fingerprint density at radius 1 is 0.656 bits per heavy atom. The molecule has 0 aliphatic carbocycles. The Bertz CT molecular complexity index is 1470. The molecule has 0 radical (unpaired) electrons. The Morgan fingerprint density at radius 3 is 1.59 bits per heavy atom. The molecule has 2 aromatic carbocycles. The summed E-state index contributed by atoms with van der Waals surface area (Å²) in [5.74, 6) is 0.950. The van der Waals surface area contributed by atoms with Gasteiger partial charge >= 0.3 is 0 Å². The average Bonchev–Trinajstić information content (AvgIpc) is 3.48. The number of nitrogens with zero attached hydrogens (tertiary/aromatic N) is 4. The van der Waals surface area contributed by atoms with Crippen molar-refractivity contribution in [2.24, 2.45) is 0 Å². The Labute approximate surface area is 184 Å². The Morgan fingerprint density at radius 2 is 1.16 bits per heavy atom. The largest absolute Gasteiger partial charge is 0.436 e. The molecule has 0 atom stereocenters. The molecule has 32 heavy (non-hydrogen) atoms. The van der Waals surface area contributed by atoms with E-state index in [4.69, 9.17) is 8.83 Å². The van der Waals surface area contributed by atoms with E-state index in [0.717, 1.165) is 11.1 Å².